The van der Waals surface area contributed by atoms with Crippen molar-refractivity contribution in [3.8, 4) is 0 Å². The SMILES string of the molecule is C[C@]12CC[C@]3(F)[C@H]4CC[C@H](O)CC4=CC[C@H]3[C@@H]1CC[C@@H]2N. The van der Waals surface area contributed by atoms with Crippen LogP contribution in [-0.2, 0) is 0 Å². The molecule has 3 saturated carbocycles. The smallest absolute Gasteiger partial charge is 0.121 e. The van der Waals surface area contributed by atoms with Crippen molar-refractivity contribution in [2.75, 3.05) is 0 Å². The molecule has 7 atom stereocenters. The summed E-state index contributed by atoms with van der Waals surface area (Å²) in [5.74, 6) is 0.686. The van der Waals surface area contributed by atoms with Crippen LogP contribution in [0, 0.1) is 23.2 Å². The normalized spacial score (nSPS) is 56.2. The Labute approximate surface area is 127 Å². The average molecular weight is 293 g/mol. The van der Waals surface area contributed by atoms with E-state index >= 15 is 4.39 Å². The van der Waals surface area contributed by atoms with Crippen LogP contribution < -0.4 is 5.73 Å². The lowest BCUT2D eigenvalue weighted by molar-refractivity contribution is -0.0985. The summed E-state index contributed by atoms with van der Waals surface area (Å²) < 4.78 is 16.1. The Hall–Kier alpha value is -0.410. The first-order valence-corrected chi connectivity index (χ1v) is 8.76. The minimum absolute atomic E-state index is 0.0704. The highest BCUT2D eigenvalue weighted by atomic mass is 19.1. The van der Waals surface area contributed by atoms with Crippen molar-refractivity contribution in [2.24, 2.45) is 28.9 Å². The summed E-state index contributed by atoms with van der Waals surface area (Å²) in [6, 6.07) is 0.255. The molecule has 21 heavy (non-hydrogen) atoms. The van der Waals surface area contributed by atoms with E-state index in [1.165, 1.54) is 5.57 Å². The first kappa shape index (κ1) is 14.2. The Morgan fingerprint density at radius 1 is 1.19 bits per heavy atom. The quantitative estimate of drug-likeness (QED) is 0.673. The van der Waals surface area contributed by atoms with Crippen molar-refractivity contribution in [3.05, 3.63) is 11.6 Å². The Morgan fingerprint density at radius 3 is 2.81 bits per heavy atom. The van der Waals surface area contributed by atoms with Gasteiger partial charge in [-0.1, -0.05) is 18.6 Å². The lowest BCUT2D eigenvalue weighted by atomic mass is 9.51. The second-order valence-electron chi connectivity index (χ2n) is 8.33. The maximum atomic E-state index is 16.1. The standard InChI is InChI=1S/C18H28FNO/c1-17-8-9-18(19)13-5-3-12(21)10-11(13)2-4-15(18)14(17)6-7-16(17)20/h2,12-16,21H,3-10,20H2,1H3/t12-,13-,14-,15-,16-,17-,18-/m0/s1. The number of aliphatic hydroxyl groups excluding tert-OH is 1. The van der Waals surface area contributed by atoms with Crippen LogP contribution in [0.15, 0.2) is 11.6 Å². The maximum Gasteiger partial charge on any atom is 0.121 e. The number of hydrogen-bond acceptors (Lipinski definition) is 2. The number of alkyl halides is 1. The lowest BCUT2D eigenvalue weighted by Gasteiger charge is -2.56. The van der Waals surface area contributed by atoms with Crippen LogP contribution in [0.4, 0.5) is 4.39 Å². The summed E-state index contributed by atoms with van der Waals surface area (Å²) in [4.78, 5) is 0. The molecule has 0 aromatic heterocycles. The van der Waals surface area contributed by atoms with Crippen LogP contribution in [0.3, 0.4) is 0 Å². The molecule has 0 bridgehead atoms. The fraction of sp³-hybridized carbons (Fsp3) is 0.889. The van der Waals surface area contributed by atoms with E-state index in [0.29, 0.717) is 18.8 Å². The second kappa shape index (κ2) is 4.55. The highest BCUT2D eigenvalue weighted by molar-refractivity contribution is 5.25. The second-order valence-corrected chi connectivity index (χ2v) is 8.33. The third-order valence-electron chi connectivity index (χ3n) is 7.55. The molecule has 0 unspecified atom stereocenters. The fourth-order valence-electron chi connectivity index (χ4n) is 6.21. The van der Waals surface area contributed by atoms with Crippen molar-refractivity contribution < 1.29 is 9.50 Å². The highest BCUT2D eigenvalue weighted by Gasteiger charge is 2.62. The summed E-state index contributed by atoms with van der Waals surface area (Å²) in [5, 5.41) is 9.87. The maximum absolute atomic E-state index is 16.1. The molecular formula is C18H28FNO. The van der Waals surface area contributed by atoms with Gasteiger partial charge in [-0.2, -0.15) is 0 Å². The predicted molar refractivity (Wildman–Crippen MR) is 81.4 cm³/mol. The van der Waals surface area contributed by atoms with Gasteiger partial charge in [-0.15, -0.1) is 0 Å². The molecule has 0 spiro atoms. The zero-order valence-corrected chi connectivity index (χ0v) is 13.0. The number of halogens is 1. The van der Waals surface area contributed by atoms with E-state index in [-0.39, 0.29) is 29.4 Å². The molecule has 0 radical (unpaired) electrons. The summed E-state index contributed by atoms with van der Waals surface area (Å²) in [6.45, 7) is 2.30. The zero-order chi connectivity index (χ0) is 14.8. The van der Waals surface area contributed by atoms with Crippen molar-refractivity contribution in [2.45, 2.75) is 76.1 Å². The van der Waals surface area contributed by atoms with Crippen molar-refractivity contribution >= 4 is 0 Å². The van der Waals surface area contributed by atoms with E-state index < -0.39 is 5.67 Å². The van der Waals surface area contributed by atoms with Gasteiger partial charge >= 0.3 is 0 Å². The van der Waals surface area contributed by atoms with E-state index in [1.54, 1.807) is 0 Å². The van der Waals surface area contributed by atoms with Crippen LogP contribution >= 0.6 is 0 Å². The van der Waals surface area contributed by atoms with Crippen LogP contribution in [0.5, 0.6) is 0 Å². The Balaban J connectivity index is 1.69. The molecular weight excluding hydrogens is 265 g/mol. The number of hydrogen-bond donors (Lipinski definition) is 2. The minimum Gasteiger partial charge on any atom is -0.393 e. The molecule has 0 aromatic carbocycles. The topological polar surface area (TPSA) is 46.2 Å². The first-order chi connectivity index (χ1) is 9.95. The monoisotopic (exact) mass is 293 g/mol. The highest BCUT2D eigenvalue weighted by Crippen LogP contribution is 2.63. The van der Waals surface area contributed by atoms with Gasteiger partial charge < -0.3 is 10.8 Å². The molecule has 2 nitrogen and oxygen atoms in total. The minimum atomic E-state index is -1.03. The van der Waals surface area contributed by atoms with Crippen molar-refractivity contribution in [1.82, 2.24) is 0 Å². The van der Waals surface area contributed by atoms with Gasteiger partial charge in [0.05, 0.1) is 6.10 Å². The number of rotatable bonds is 0. The van der Waals surface area contributed by atoms with E-state index in [2.05, 4.69) is 13.0 Å². The Bertz CT molecular complexity index is 478. The number of aliphatic hydroxyl groups is 1. The van der Waals surface area contributed by atoms with Gasteiger partial charge in [0.1, 0.15) is 5.67 Å². The molecule has 118 valence electrons. The molecule has 3 heteroatoms. The third-order valence-corrected chi connectivity index (χ3v) is 7.55. The van der Waals surface area contributed by atoms with Gasteiger partial charge in [-0.25, -0.2) is 4.39 Å². The predicted octanol–water partition coefficient (Wildman–Crippen LogP) is 3.34. The van der Waals surface area contributed by atoms with Gasteiger partial charge in [-0.05, 0) is 62.7 Å². The summed E-state index contributed by atoms with van der Waals surface area (Å²) in [6.07, 6.45) is 8.96. The molecule has 3 fully saturated rings. The van der Waals surface area contributed by atoms with Crippen LogP contribution in [0.25, 0.3) is 0 Å². The fourth-order valence-corrected chi connectivity index (χ4v) is 6.21. The Morgan fingerprint density at radius 2 is 2.00 bits per heavy atom. The first-order valence-electron chi connectivity index (χ1n) is 8.76. The summed E-state index contributed by atoms with van der Waals surface area (Å²) in [7, 11) is 0. The van der Waals surface area contributed by atoms with E-state index in [1.807, 2.05) is 0 Å². The third kappa shape index (κ3) is 1.83. The molecule has 3 N–H and O–H groups in total. The van der Waals surface area contributed by atoms with Gasteiger partial charge in [0.2, 0.25) is 0 Å². The zero-order valence-electron chi connectivity index (χ0n) is 13.0. The van der Waals surface area contributed by atoms with Crippen molar-refractivity contribution in [1.29, 1.82) is 0 Å². The summed E-state index contributed by atoms with van der Waals surface area (Å²) in [5.41, 5.74) is 6.70. The van der Waals surface area contributed by atoms with E-state index in [4.69, 9.17) is 5.73 Å². The largest absolute Gasteiger partial charge is 0.393 e. The molecule has 4 aliphatic carbocycles. The molecule has 0 heterocycles. The summed E-state index contributed by atoms with van der Waals surface area (Å²) >= 11 is 0. The average Bonchev–Trinajstić information content (AvgIpc) is 2.75. The van der Waals surface area contributed by atoms with Gasteiger partial charge in [-0.3, -0.25) is 0 Å². The van der Waals surface area contributed by atoms with E-state index in [9.17, 15) is 5.11 Å². The molecule has 4 rings (SSSR count). The van der Waals surface area contributed by atoms with Crippen molar-refractivity contribution in [3.63, 3.8) is 0 Å². The van der Waals surface area contributed by atoms with Gasteiger partial charge in [0.15, 0.2) is 0 Å². The van der Waals surface area contributed by atoms with E-state index in [0.717, 1.165) is 38.5 Å². The number of fused-ring (bicyclic) bond motifs is 5. The molecule has 4 aliphatic rings. The molecule has 0 aromatic rings. The Kier molecular flexibility index (Phi) is 3.07. The molecule has 0 saturated heterocycles. The van der Waals surface area contributed by atoms with Crippen LogP contribution in [-0.4, -0.2) is 22.9 Å². The van der Waals surface area contributed by atoms with Gasteiger partial charge in [0.25, 0.3) is 0 Å². The van der Waals surface area contributed by atoms with Crippen LogP contribution in [0.1, 0.15) is 58.3 Å². The lowest BCUT2D eigenvalue weighted by Crippen LogP contribution is -2.57. The molecule has 0 amide bonds. The van der Waals surface area contributed by atoms with Gasteiger partial charge in [0, 0.05) is 17.9 Å². The molecule has 0 aliphatic heterocycles. The van der Waals surface area contributed by atoms with Crippen LogP contribution in [0.2, 0.25) is 0 Å². The number of nitrogens with two attached hydrogens (primary N) is 1. The number of allylic oxidation sites excluding steroid dienone is 1.